The maximum absolute atomic E-state index is 12.3. The van der Waals surface area contributed by atoms with E-state index in [1.165, 1.54) is 0 Å². The van der Waals surface area contributed by atoms with E-state index in [1.807, 2.05) is 0 Å². The molecule has 0 saturated heterocycles. The average molecular weight is 314 g/mol. The molecule has 76 valence electrons. The molecule has 0 unspecified atom stereocenters. The van der Waals surface area contributed by atoms with E-state index in [9.17, 15) is 13.6 Å². The quantitative estimate of drug-likeness (QED) is 0.646. The lowest BCUT2D eigenvalue weighted by atomic mass is 10.2. The second-order valence-electron chi connectivity index (χ2n) is 2.41. The number of aromatic carboxylic acids is 1. The van der Waals surface area contributed by atoms with Crippen LogP contribution in [0.4, 0.5) is 14.5 Å². The zero-order chi connectivity index (χ0) is 10.9. The van der Waals surface area contributed by atoms with Crippen LogP contribution in [0, 0.1) is 3.70 Å². The minimum absolute atomic E-state index is 0.0763. The third-order valence-electron chi connectivity index (χ3n) is 1.47. The lowest BCUT2D eigenvalue weighted by Crippen LogP contribution is -2.08. The Labute approximate surface area is 91.3 Å². The van der Waals surface area contributed by atoms with Gasteiger partial charge in [-0.25, -0.2) is 18.6 Å². The molecule has 0 atom stereocenters. The number of aromatic nitrogens is 1. The first-order valence-electron chi connectivity index (χ1n) is 3.41. The SMILES string of the molecule is Nc1cc(C(=O)O)c(C(F)F)nc1I. The fourth-order valence-electron chi connectivity index (χ4n) is 0.857. The molecule has 1 aromatic rings. The number of rotatable bonds is 2. The number of nitrogen functional groups attached to an aromatic ring is 1. The van der Waals surface area contributed by atoms with Gasteiger partial charge < -0.3 is 10.8 Å². The highest BCUT2D eigenvalue weighted by Crippen LogP contribution is 2.25. The van der Waals surface area contributed by atoms with Gasteiger partial charge in [0.05, 0.1) is 11.3 Å². The molecule has 0 aliphatic carbocycles. The molecule has 0 bridgehead atoms. The van der Waals surface area contributed by atoms with Gasteiger partial charge in [0.25, 0.3) is 6.43 Å². The number of carboxylic acids is 1. The third kappa shape index (κ3) is 2.08. The molecule has 4 nitrogen and oxygen atoms in total. The predicted molar refractivity (Wildman–Crippen MR) is 53.3 cm³/mol. The van der Waals surface area contributed by atoms with Gasteiger partial charge in [-0.2, -0.15) is 0 Å². The van der Waals surface area contributed by atoms with Gasteiger partial charge >= 0.3 is 5.97 Å². The summed E-state index contributed by atoms with van der Waals surface area (Å²) >= 11 is 1.66. The van der Waals surface area contributed by atoms with Crippen molar-refractivity contribution < 1.29 is 18.7 Å². The number of nitrogens with zero attached hydrogens (tertiary/aromatic N) is 1. The molecule has 0 amide bonds. The summed E-state index contributed by atoms with van der Waals surface area (Å²) in [6.07, 6.45) is -2.92. The van der Waals surface area contributed by atoms with E-state index in [0.717, 1.165) is 6.07 Å². The largest absolute Gasteiger partial charge is 0.478 e. The summed E-state index contributed by atoms with van der Waals surface area (Å²) in [5, 5.41) is 8.60. The van der Waals surface area contributed by atoms with E-state index in [0.29, 0.717) is 0 Å². The number of carboxylic acid groups (broad SMARTS) is 1. The molecule has 1 rings (SSSR count). The normalized spacial score (nSPS) is 10.6. The molecule has 0 saturated carbocycles. The van der Waals surface area contributed by atoms with Crippen molar-refractivity contribution in [3.63, 3.8) is 0 Å². The molecule has 0 fully saturated rings. The van der Waals surface area contributed by atoms with Crippen LogP contribution >= 0.6 is 22.6 Å². The van der Waals surface area contributed by atoms with Crippen LogP contribution in [0.3, 0.4) is 0 Å². The Morgan fingerprint density at radius 1 is 1.64 bits per heavy atom. The highest BCUT2D eigenvalue weighted by atomic mass is 127. The van der Waals surface area contributed by atoms with Crippen LogP contribution in [0.15, 0.2) is 6.07 Å². The first-order chi connectivity index (χ1) is 6.43. The van der Waals surface area contributed by atoms with Gasteiger partial charge in [-0.15, -0.1) is 0 Å². The van der Waals surface area contributed by atoms with E-state index >= 15 is 0 Å². The molecular weight excluding hydrogens is 309 g/mol. The predicted octanol–water partition coefficient (Wildman–Crippen LogP) is 1.90. The molecule has 7 heteroatoms. The minimum atomic E-state index is -2.92. The van der Waals surface area contributed by atoms with Crippen molar-refractivity contribution in [2.24, 2.45) is 0 Å². The van der Waals surface area contributed by atoms with Crippen LogP contribution in [-0.4, -0.2) is 16.1 Å². The average Bonchev–Trinajstić information content (AvgIpc) is 2.08. The maximum Gasteiger partial charge on any atom is 0.337 e. The first-order valence-corrected chi connectivity index (χ1v) is 4.48. The lowest BCUT2D eigenvalue weighted by Gasteiger charge is -2.06. The summed E-state index contributed by atoms with van der Waals surface area (Å²) in [5.41, 5.74) is 4.11. The van der Waals surface area contributed by atoms with E-state index in [-0.39, 0.29) is 9.39 Å². The van der Waals surface area contributed by atoms with Crippen molar-refractivity contribution in [1.29, 1.82) is 0 Å². The van der Waals surface area contributed by atoms with Gasteiger partial charge in [-0.3, -0.25) is 0 Å². The maximum atomic E-state index is 12.3. The zero-order valence-corrected chi connectivity index (χ0v) is 8.83. The lowest BCUT2D eigenvalue weighted by molar-refractivity contribution is 0.0682. The molecule has 14 heavy (non-hydrogen) atoms. The van der Waals surface area contributed by atoms with Crippen LogP contribution < -0.4 is 5.73 Å². The Kier molecular flexibility index (Phi) is 3.19. The topological polar surface area (TPSA) is 76.2 Å². The molecule has 0 aromatic carbocycles. The summed E-state index contributed by atoms with van der Waals surface area (Å²) < 4.78 is 24.8. The van der Waals surface area contributed by atoms with Crippen LogP contribution in [0.1, 0.15) is 22.5 Å². The number of pyridine rings is 1. The Balaban J connectivity index is 3.39. The standard InChI is InChI=1S/C7H5F2IN2O2/c8-5(9)4-2(7(13)14)1-3(11)6(10)12-4/h1,5H,11H2,(H,13,14). The van der Waals surface area contributed by atoms with E-state index in [1.54, 1.807) is 22.6 Å². The molecule has 0 spiro atoms. The number of anilines is 1. The second-order valence-corrected chi connectivity index (χ2v) is 3.43. The first kappa shape index (κ1) is 11.1. The number of hydrogen-bond donors (Lipinski definition) is 2. The molecule has 1 heterocycles. The number of carbonyl (C=O) groups is 1. The van der Waals surface area contributed by atoms with Crippen molar-refractivity contribution in [2.75, 3.05) is 5.73 Å². The van der Waals surface area contributed by atoms with Crippen molar-refractivity contribution >= 4 is 34.2 Å². The van der Waals surface area contributed by atoms with Crippen LogP contribution in [0.5, 0.6) is 0 Å². The summed E-state index contributed by atoms with van der Waals surface area (Å²) in [7, 11) is 0. The molecule has 0 radical (unpaired) electrons. The smallest absolute Gasteiger partial charge is 0.337 e. The molecule has 0 aliphatic heterocycles. The summed E-state index contributed by atoms with van der Waals surface area (Å²) in [6, 6.07) is 0.985. The highest BCUT2D eigenvalue weighted by molar-refractivity contribution is 14.1. The van der Waals surface area contributed by atoms with Gasteiger partial charge in [0, 0.05) is 0 Å². The Bertz CT molecular complexity index is 384. The number of alkyl halides is 2. The second kappa shape index (κ2) is 4.03. The van der Waals surface area contributed by atoms with E-state index < -0.39 is 23.7 Å². The number of nitrogens with two attached hydrogens (primary N) is 1. The van der Waals surface area contributed by atoms with Gasteiger partial charge in [0.2, 0.25) is 0 Å². The Morgan fingerprint density at radius 3 is 2.64 bits per heavy atom. The summed E-state index contributed by atoms with van der Waals surface area (Å²) in [5.74, 6) is -1.46. The van der Waals surface area contributed by atoms with Crippen LogP contribution in [0.25, 0.3) is 0 Å². The summed E-state index contributed by atoms with van der Waals surface area (Å²) in [4.78, 5) is 14.0. The molecular formula is C7H5F2IN2O2. The zero-order valence-electron chi connectivity index (χ0n) is 6.67. The van der Waals surface area contributed by atoms with Gasteiger partial charge in [-0.05, 0) is 28.7 Å². The van der Waals surface area contributed by atoms with Crippen molar-refractivity contribution in [2.45, 2.75) is 6.43 Å². The van der Waals surface area contributed by atoms with Crippen LogP contribution in [-0.2, 0) is 0 Å². The number of hydrogen-bond acceptors (Lipinski definition) is 3. The van der Waals surface area contributed by atoms with Crippen molar-refractivity contribution in [3.8, 4) is 0 Å². The van der Waals surface area contributed by atoms with Gasteiger partial charge in [0.15, 0.2) is 0 Å². The molecule has 3 N–H and O–H groups in total. The summed E-state index contributed by atoms with van der Waals surface area (Å²) in [6.45, 7) is 0. The third-order valence-corrected chi connectivity index (χ3v) is 2.33. The fourth-order valence-corrected chi connectivity index (χ4v) is 1.27. The van der Waals surface area contributed by atoms with Crippen molar-refractivity contribution in [3.05, 3.63) is 21.0 Å². The Hall–Kier alpha value is -0.990. The van der Waals surface area contributed by atoms with Crippen LogP contribution in [0.2, 0.25) is 0 Å². The van der Waals surface area contributed by atoms with E-state index in [2.05, 4.69) is 4.98 Å². The number of halogens is 3. The van der Waals surface area contributed by atoms with Gasteiger partial charge in [0.1, 0.15) is 9.39 Å². The highest BCUT2D eigenvalue weighted by Gasteiger charge is 2.21. The van der Waals surface area contributed by atoms with Crippen molar-refractivity contribution in [1.82, 2.24) is 4.98 Å². The fraction of sp³-hybridized carbons (Fsp3) is 0.143. The Morgan fingerprint density at radius 2 is 2.21 bits per heavy atom. The molecule has 0 aliphatic rings. The van der Waals surface area contributed by atoms with E-state index in [4.69, 9.17) is 10.8 Å². The molecule has 1 aromatic heterocycles. The minimum Gasteiger partial charge on any atom is -0.478 e. The van der Waals surface area contributed by atoms with Gasteiger partial charge in [-0.1, -0.05) is 0 Å². The monoisotopic (exact) mass is 314 g/mol.